The number of aliphatic hydroxyl groups is 1. The van der Waals surface area contributed by atoms with Gasteiger partial charge in [-0.05, 0) is 43.4 Å². The van der Waals surface area contributed by atoms with E-state index in [0.717, 1.165) is 16.7 Å². The van der Waals surface area contributed by atoms with E-state index in [2.05, 4.69) is 6.07 Å². The maximum Gasteiger partial charge on any atom is 0.0983 e. The van der Waals surface area contributed by atoms with Gasteiger partial charge in [0.25, 0.3) is 0 Å². The van der Waals surface area contributed by atoms with Gasteiger partial charge in [-0.25, -0.2) is 0 Å². The minimum atomic E-state index is -0.729. The molecule has 1 heterocycles. The minimum Gasteiger partial charge on any atom is -0.387 e. The number of rotatable bonds is 2. The third-order valence-corrected chi connectivity index (χ3v) is 3.95. The molecule has 1 N–H and O–H groups in total. The van der Waals surface area contributed by atoms with E-state index >= 15 is 0 Å². The molecule has 96 valence electrons. The van der Waals surface area contributed by atoms with Crippen molar-refractivity contribution in [3.05, 3.63) is 34.9 Å². The molecule has 0 aliphatic carbocycles. The zero-order valence-electron chi connectivity index (χ0n) is 10.9. The standard InChI is InChI=1S/C15H19NO2/c1-11-4-3-5-12(2)13(11)14(17)15(10-16)6-8-18-9-7-15/h3-5,14,17H,6-9H2,1-2H3. The molecule has 1 fully saturated rings. The topological polar surface area (TPSA) is 53.2 Å². The lowest BCUT2D eigenvalue weighted by atomic mass is 9.72. The van der Waals surface area contributed by atoms with Gasteiger partial charge in [0.2, 0.25) is 0 Å². The average molecular weight is 245 g/mol. The van der Waals surface area contributed by atoms with Gasteiger partial charge in [-0.3, -0.25) is 0 Å². The molecular weight excluding hydrogens is 226 g/mol. The first-order chi connectivity index (χ1) is 8.60. The summed E-state index contributed by atoms with van der Waals surface area (Å²) in [5.74, 6) is 0. The van der Waals surface area contributed by atoms with Crippen LogP contribution in [0.3, 0.4) is 0 Å². The molecule has 0 saturated carbocycles. The van der Waals surface area contributed by atoms with Crippen molar-refractivity contribution >= 4 is 0 Å². The van der Waals surface area contributed by atoms with Gasteiger partial charge in [-0.15, -0.1) is 0 Å². The van der Waals surface area contributed by atoms with E-state index < -0.39 is 11.5 Å². The van der Waals surface area contributed by atoms with E-state index in [1.807, 2.05) is 32.0 Å². The Labute approximate surface area is 108 Å². The maximum atomic E-state index is 10.7. The van der Waals surface area contributed by atoms with Crippen LogP contribution in [0.5, 0.6) is 0 Å². The van der Waals surface area contributed by atoms with E-state index in [4.69, 9.17) is 4.74 Å². The largest absolute Gasteiger partial charge is 0.387 e. The van der Waals surface area contributed by atoms with Crippen LogP contribution >= 0.6 is 0 Å². The molecule has 1 saturated heterocycles. The lowest BCUT2D eigenvalue weighted by molar-refractivity contribution is -0.0314. The number of nitrogens with zero attached hydrogens (tertiary/aromatic N) is 1. The van der Waals surface area contributed by atoms with Crippen LogP contribution in [0.1, 0.15) is 35.6 Å². The minimum absolute atomic E-state index is 0.551. The summed E-state index contributed by atoms with van der Waals surface area (Å²) >= 11 is 0. The molecule has 1 atom stereocenters. The number of hydrogen-bond donors (Lipinski definition) is 1. The number of aryl methyl sites for hydroxylation is 2. The molecule has 0 spiro atoms. The fourth-order valence-electron chi connectivity index (χ4n) is 2.72. The predicted molar refractivity (Wildman–Crippen MR) is 69.0 cm³/mol. The molecule has 3 heteroatoms. The van der Waals surface area contributed by atoms with Crippen LogP contribution in [-0.4, -0.2) is 18.3 Å². The SMILES string of the molecule is Cc1cccc(C)c1C(O)C1(C#N)CCOCC1. The molecule has 18 heavy (non-hydrogen) atoms. The van der Waals surface area contributed by atoms with E-state index in [0.29, 0.717) is 26.1 Å². The first kappa shape index (κ1) is 13.1. The van der Waals surface area contributed by atoms with Crippen molar-refractivity contribution in [1.29, 1.82) is 5.26 Å². The third kappa shape index (κ3) is 2.14. The first-order valence-electron chi connectivity index (χ1n) is 6.34. The average Bonchev–Trinajstić information content (AvgIpc) is 2.39. The number of hydrogen-bond acceptors (Lipinski definition) is 3. The molecular formula is C15H19NO2. The molecule has 0 radical (unpaired) electrons. The molecule has 1 aromatic rings. The van der Waals surface area contributed by atoms with Crippen molar-refractivity contribution in [2.24, 2.45) is 5.41 Å². The molecule has 0 amide bonds. The monoisotopic (exact) mass is 245 g/mol. The number of nitriles is 1. The Morgan fingerprint density at radius 1 is 1.28 bits per heavy atom. The van der Waals surface area contributed by atoms with E-state index in [9.17, 15) is 10.4 Å². The van der Waals surface area contributed by atoms with Gasteiger partial charge in [0, 0.05) is 13.2 Å². The fourth-order valence-corrected chi connectivity index (χ4v) is 2.72. The summed E-state index contributed by atoms with van der Waals surface area (Å²) in [6.45, 7) is 5.07. The normalized spacial score (nSPS) is 20.1. The van der Waals surface area contributed by atoms with E-state index in [1.54, 1.807) is 0 Å². The second-order valence-corrected chi connectivity index (χ2v) is 5.09. The van der Waals surface area contributed by atoms with Crippen molar-refractivity contribution < 1.29 is 9.84 Å². The third-order valence-electron chi connectivity index (χ3n) is 3.95. The Bertz CT molecular complexity index is 450. The van der Waals surface area contributed by atoms with Crippen molar-refractivity contribution in [3.8, 4) is 6.07 Å². The van der Waals surface area contributed by atoms with Crippen molar-refractivity contribution in [3.63, 3.8) is 0 Å². The zero-order chi connectivity index (χ0) is 13.2. The predicted octanol–water partition coefficient (Wildman–Crippen LogP) is 2.66. The fraction of sp³-hybridized carbons (Fsp3) is 0.533. The zero-order valence-corrected chi connectivity index (χ0v) is 10.9. The Balaban J connectivity index is 2.41. The highest BCUT2D eigenvalue weighted by Crippen LogP contribution is 2.43. The van der Waals surface area contributed by atoms with E-state index in [1.165, 1.54) is 0 Å². The van der Waals surface area contributed by atoms with Gasteiger partial charge < -0.3 is 9.84 Å². The summed E-state index contributed by atoms with van der Waals surface area (Å²) in [4.78, 5) is 0. The van der Waals surface area contributed by atoms with Crippen molar-refractivity contribution in [1.82, 2.24) is 0 Å². The summed E-state index contributed by atoms with van der Waals surface area (Å²) in [5, 5.41) is 20.2. The Morgan fingerprint density at radius 2 is 1.83 bits per heavy atom. The summed E-state index contributed by atoms with van der Waals surface area (Å²) in [6, 6.07) is 8.28. The van der Waals surface area contributed by atoms with Gasteiger partial charge in [0.05, 0.1) is 17.6 Å². The number of ether oxygens (including phenoxy) is 1. The number of benzene rings is 1. The van der Waals surface area contributed by atoms with Gasteiger partial charge in [-0.2, -0.15) is 5.26 Å². The Morgan fingerprint density at radius 3 is 2.33 bits per heavy atom. The summed E-state index contributed by atoms with van der Waals surface area (Å²) in [6.07, 6.45) is 0.462. The molecule has 1 aliphatic heterocycles. The van der Waals surface area contributed by atoms with Gasteiger partial charge in [0.1, 0.15) is 0 Å². The van der Waals surface area contributed by atoms with Crippen LogP contribution in [-0.2, 0) is 4.74 Å². The van der Waals surface area contributed by atoms with Crippen LogP contribution in [0, 0.1) is 30.6 Å². The quantitative estimate of drug-likeness (QED) is 0.871. The summed E-state index contributed by atoms with van der Waals surface area (Å²) < 4.78 is 5.31. The summed E-state index contributed by atoms with van der Waals surface area (Å²) in [7, 11) is 0. The van der Waals surface area contributed by atoms with Crippen LogP contribution < -0.4 is 0 Å². The number of aliphatic hydroxyl groups excluding tert-OH is 1. The van der Waals surface area contributed by atoms with Crippen LogP contribution in [0.2, 0.25) is 0 Å². The highest BCUT2D eigenvalue weighted by atomic mass is 16.5. The van der Waals surface area contributed by atoms with Crippen LogP contribution in [0.15, 0.2) is 18.2 Å². The second-order valence-electron chi connectivity index (χ2n) is 5.09. The van der Waals surface area contributed by atoms with Gasteiger partial charge in [-0.1, -0.05) is 18.2 Å². The highest BCUT2D eigenvalue weighted by Gasteiger charge is 2.41. The van der Waals surface area contributed by atoms with Crippen LogP contribution in [0.4, 0.5) is 0 Å². The highest BCUT2D eigenvalue weighted by molar-refractivity contribution is 5.37. The second kappa shape index (κ2) is 5.09. The summed E-state index contributed by atoms with van der Waals surface area (Å²) in [5.41, 5.74) is 2.29. The first-order valence-corrected chi connectivity index (χ1v) is 6.34. The molecule has 0 aromatic heterocycles. The van der Waals surface area contributed by atoms with Gasteiger partial charge >= 0.3 is 0 Å². The Hall–Kier alpha value is -1.37. The molecule has 0 bridgehead atoms. The molecule has 2 rings (SSSR count). The van der Waals surface area contributed by atoms with Crippen molar-refractivity contribution in [2.45, 2.75) is 32.8 Å². The van der Waals surface area contributed by atoms with E-state index in [-0.39, 0.29) is 0 Å². The Kier molecular flexibility index (Phi) is 3.70. The molecule has 1 aliphatic rings. The molecule has 1 aromatic carbocycles. The van der Waals surface area contributed by atoms with Gasteiger partial charge in [0.15, 0.2) is 0 Å². The lowest BCUT2D eigenvalue weighted by Crippen LogP contribution is -2.34. The van der Waals surface area contributed by atoms with Crippen molar-refractivity contribution in [2.75, 3.05) is 13.2 Å². The maximum absolute atomic E-state index is 10.7. The molecule has 3 nitrogen and oxygen atoms in total. The smallest absolute Gasteiger partial charge is 0.0983 e. The van der Waals surface area contributed by atoms with Crippen LogP contribution in [0.25, 0.3) is 0 Å². The molecule has 1 unspecified atom stereocenters. The lowest BCUT2D eigenvalue weighted by Gasteiger charge is -2.36.